The van der Waals surface area contributed by atoms with E-state index >= 15 is 0 Å². The largest absolute Gasteiger partial charge is 0.478 e. The molecule has 1 aromatic heterocycles. The molecule has 0 aliphatic carbocycles. The van der Waals surface area contributed by atoms with Crippen molar-refractivity contribution in [2.45, 2.75) is 33.2 Å². The standard InChI is InChI=1S/C11H16BrNO2/c1-3-4-8(2)6-13-7-9(11(14)15)5-10(13)12/h5,7-8H,3-4,6H2,1-2H3,(H,14,15). The van der Waals surface area contributed by atoms with Gasteiger partial charge in [-0.3, -0.25) is 0 Å². The number of carboxylic acid groups (broad SMARTS) is 1. The number of halogens is 1. The summed E-state index contributed by atoms with van der Waals surface area (Å²) in [6.45, 7) is 5.20. The number of carboxylic acids is 1. The number of hydrogen-bond acceptors (Lipinski definition) is 1. The average molecular weight is 274 g/mol. The number of rotatable bonds is 5. The molecule has 4 heteroatoms. The summed E-state index contributed by atoms with van der Waals surface area (Å²) in [7, 11) is 0. The van der Waals surface area contributed by atoms with Crippen LogP contribution < -0.4 is 0 Å². The van der Waals surface area contributed by atoms with E-state index in [2.05, 4.69) is 29.8 Å². The molecule has 15 heavy (non-hydrogen) atoms. The Bertz CT molecular complexity index is 346. The maximum absolute atomic E-state index is 10.7. The van der Waals surface area contributed by atoms with Gasteiger partial charge in [0.25, 0.3) is 0 Å². The van der Waals surface area contributed by atoms with Crippen molar-refractivity contribution in [2.75, 3.05) is 0 Å². The Morgan fingerprint density at radius 3 is 2.80 bits per heavy atom. The van der Waals surface area contributed by atoms with Crippen molar-refractivity contribution in [3.63, 3.8) is 0 Å². The van der Waals surface area contributed by atoms with Crippen LogP contribution in [0.5, 0.6) is 0 Å². The molecule has 1 atom stereocenters. The smallest absolute Gasteiger partial charge is 0.337 e. The fraction of sp³-hybridized carbons (Fsp3) is 0.545. The lowest BCUT2D eigenvalue weighted by Crippen LogP contribution is -2.06. The molecule has 1 heterocycles. The Morgan fingerprint density at radius 1 is 1.67 bits per heavy atom. The molecule has 0 spiro atoms. The lowest BCUT2D eigenvalue weighted by Gasteiger charge is -2.11. The second kappa shape index (κ2) is 5.35. The second-order valence-corrected chi connectivity index (χ2v) is 4.72. The molecular formula is C11H16BrNO2. The van der Waals surface area contributed by atoms with Gasteiger partial charge in [0, 0.05) is 12.7 Å². The first-order valence-corrected chi connectivity index (χ1v) is 5.92. The van der Waals surface area contributed by atoms with Gasteiger partial charge in [0.2, 0.25) is 0 Å². The normalized spacial score (nSPS) is 12.7. The van der Waals surface area contributed by atoms with Crippen molar-refractivity contribution in [1.82, 2.24) is 4.57 Å². The predicted molar refractivity (Wildman–Crippen MR) is 63.2 cm³/mol. The Morgan fingerprint density at radius 2 is 2.33 bits per heavy atom. The summed E-state index contributed by atoms with van der Waals surface area (Å²) in [5.41, 5.74) is 0.338. The summed E-state index contributed by atoms with van der Waals surface area (Å²) < 4.78 is 2.78. The highest BCUT2D eigenvalue weighted by molar-refractivity contribution is 9.10. The number of aromatic nitrogens is 1. The van der Waals surface area contributed by atoms with Crippen molar-refractivity contribution < 1.29 is 9.90 Å². The zero-order chi connectivity index (χ0) is 11.4. The SMILES string of the molecule is CCCC(C)Cn1cc(C(=O)O)cc1Br. The van der Waals surface area contributed by atoms with E-state index in [9.17, 15) is 4.79 Å². The van der Waals surface area contributed by atoms with Gasteiger partial charge in [-0.25, -0.2) is 4.79 Å². The summed E-state index contributed by atoms with van der Waals surface area (Å²) in [4.78, 5) is 10.7. The molecule has 0 amide bonds. The molecule has 0 saturated heterocycles. The fourth-order valence-electron chi connectivity index (χ4n) is 1.65. The molecule has 3 nitrogen and oxygen atoms in total. The number of carbonyl (C=O) groups is 1. The molecular weight excluding hydrogens is 258 g/mol. The third-order valence-electron chi connectivity index (χ3n) is 2.38. The van der Waals surface area contributed by atoms with E-state index in [1.807, 2.05) is 4.57 Å². The quantitative estimate of drug-likeness (QED) is 0.894. The monoisotopic (exact) mass is 273 g/mol. The van der Waals surface area contributed by atoms with Crippen LogP contribution in [0.4, 0.5) is 0 Å². The molecule has 0 aromatic carbocycles. The van der Waals surface area contributed by atoms with Gasteiger partial charge < -0.3 is 9.67 Å². The van der Waals surface area contributed by atoms with E-state index < -0.39 is 5.97 Å². The highest BCUT2D eigenvalue weighted by Gasteiger charge is 2.11. The molecule has 1 unspecified atom stereocenters. The average Bonchev–Trinajstić information content (AvgIpc) is 2.48. The summed E-state index contributed by atoms with van der Waals surface area (Å²) >= 11 is 3.36. The van der Waals surface area contributed by atoms with Crippen molar-refractivity contribution in [1.29, 1.82) is 0 Å². The van der Waals surface area contributed by atoms with Crippen molar-refractivity contribution in [2.24, 2.45) is 5.92 Å². The van der Waals surface area contributed by atoms with Crippen LogP contribution in [0.2, 0.25) is 0 Å². The number of hydrogen-bond donors (Lipinski definition) is 1. The zero-order valence-corrected chi connectivity index (χ0v) is 10.6. The number of aromatic carboxylic acids is 1. The summed E-state index contributed by atoms with van der Waals surface area (Å²) in [5, 5.41) is 8.83. The predicted octanol–water partition coefficient (Wildman–Crippen LogP) is 3.39. The van der Waals surface area contributed by atoms with Gasteiger partial charge in [-0.1, -0.05) is 20.3 Å². The molecule has 0 fully saturated rings. The third kappa shape index (κ3) is 3.38. The van der Waals surface area contributed by atoms with Gasteiger partial charge in [-0.15, -0.1) is 0 Å². The Labute approximate surface area is 98.2 Å². The summed E-state index contributed by atoms with van der Waals surface area (Å²) in [5.74, 6) is -0.307. The highest BCUT2D eigenvalue weighted by Crippen LogP contribution is 2.18. The van der Waals surface area contributed by atoms with Gasteiger partial charge in [0.15, 0.2) is 0 Å². The fourth-order valence-corrected chi connectivity index (χ4v) is 2.15. The van der Waals surface area contributed by atoms with E-state index in [1.165, 1.54) is 0 Å². The van der Waals surface area contributed by atoms with E-state index in [4.69, 9.17) is 5.11 Å². The lowest BCUT2D eigenvalue weighted by atomic mass is 10.1. The van der Waals surface area contributed by atoms with Crippen LogP contribution >= 0.6 is 15.9 Å². The van der Waals surface area contributed by atoms with Crippen LogP contribution in [0.3, 0.4) is 0 Å². The molecule has 1 rings (SSSR count). The van der Waals surface area contributed by atoms with E-state index in [0.29, 0.717) is 11.5 Å². The Hall–Kier alpha value is -0.770. The van der Waals surface area contributed by atoms with Crippen molar-refractivity contribution >= 4 is 21.9 Å². The second-order valence-electron chi connectivity index (χ2n) is 3.90. The molecule has 84 valence electrons. The van der Waals surface area contributed by atoms with Crippen molar-refractivity contribution in [3.05, 3.63) is 22.4 Å². The lowest BCUT2D eigenvalue weighted by molar-refractivity contribution is 0.0697. The van der Waals surface area contributed by atoms with E-state index in [-0.39, 0.29) is 0 Å². The third-order valence-corrected chi connectivity index (χ3v) is 3.07. The minimum absolute atomic E-state index is 0.338. The minimum atomic E-state index is -0.877. The topological polar surface area (TPSA) is 42.2 Å². The van der Waals surface area contributed by atoms with E-state index in [1.54, 1.807) is 12.3 Å². The molecule has 0 saturated carbocycles. The van der Waals surface area contributed by atoms with Gasteiger partial charge in [0.05, 0.1) is 10.2 Å². The molecule has 0 aliphatic rings. The molecule has 0 bridgehead atoms. The highest BCUT2D eigenvalue weighted by atomic mass is 79.9. The van der Waals surface area contributed by atoms with Gasteiger partial charge in [-0.05, 0) is 34.3 Å². The van der Waals surface area contributed by atoms with Crippen LogP contribution in [-0.2, 0) is 6.54 Å². The van der Waals surface area contributed by atoms with Gasteiger partial charge in [-0.2, -0.15) is 0 Å². The minimum Gasteiger partial charge on any atom is -0.478 e. The van der Waals surface area contributed by atoms with Crippen molar-refractivity contribution in [3.8, 4) is 0 Å². The van der Waals surface area contributed by atoms with Gasteiger partial charge >= 0.3 is 5.97 Å². The molecule has 0 radical (unpaired) electrons. The van der Waals surface area contributed by atoms with E-state index in [0.717, 1.165) is 24.0 Å². The van der Waals surface area contributed by atoms with Crippen LogP contribution in [0.25, 0.3) is 0 Å². The summed E-state index contributed by atoms with van der Waals surface area (Å²) in [6.07, 6.45) is 4.00. The molecule has 1 N–H and O–H groups in total. The Kier molecular flexibility index (Phi) is 4.39. The first kappa shape index (κ1) is 12.3. The first-order chi connectivity index (χ1) is 7.04. The van der Waals surface area contributed by atoms with Gasteiger partial charge in [0.1, 0.15) is 0 Å². The maximum Gasteiger partial charge on any atom is 0.337 e. The van der Waals surface area contributed by atoms with Crippen LogP contribution in [-0.4, -0.2) is 15.6 Å². The summed E-state index contributed by atoms with van der Waals surface area (Å²) in [6, 6.07) is 1.64. The van der Waals surface area contributed by atoms with Crippen LogP contribution in [0.1, 0.15) is 37.0 Å². The van der Waals surface area contributed by atoms with Crippen LogP contribution in [0, 0.1) is 5.92 Å². The number of nitrogens with zero attached hydrogens (tertiary/aromatic N) is 1. The Balaban J connectivity index is 2.72. The molecule has 1 aromatic rings. The maximum atomic E-state index is 10.7. The first-order valence-electron chi connectivity index (χ1n) is 5.13. The van der Waals surface area contributed by atoms with Crippen LogP contribution in [0.15, 0.2) is 16.9 Å². The zero-order valence-electron chi connectivity index (χ0n) is 9.03. The molecule has 0 aliphatic heterocycles.